The number of hydrogen-bond acceptors (Lipinski definition) is 5. The highest BCUT2D eigenvalue weighted by Gasteiger charge is 2.39. The van der Waals surface area contributed by atoms with Crippen LogP contribution < -0.4 is 0 Å². The fourth-order valence-corrected chi connectivity index (χ4v) is 3.76. The van der Waals surface area contributed by atoms with Crippen molar-refractivity contribution in [2.24, 2.45) is 17.8 Å². The van der Waals surface area contributed by atoms with E-state index in [0.29, 0.717) is 25.7 Å². The number of carboxylic acid groups (broad SMARTS) is 1. The third-order valence-corrected chi connectivity index (χ3v) is 5.62. The van der Waals surface area contributed by atoms with Gasteiger partial charge in [-0.25, -0.2) is 0 Å². The average Bonchev–Trinajstić information content (AvgIpc) is 2.91. The van der Waals surface area contributed by atoms with Crippen molar-refractivity contribution in [3.05, 3.63) is 24.3 Å². The highest BCUT2D eigenvalue weighted by molar-refractivity contribution is 5.66. The normalized spacial score (nSPS) is 27.6. The van der Waals surface area contributed by atoms with Crippen molar-refractivity contribution in [2.75, 3.05) is 13.7 Å². The number of ether oxygens (including phenoxy) is 1. The first-order valence-corrected chi connectivity index (χ1v) is 10.4. The maximum Gasteiger partial charge on any atom is 0.303 e. The van der Waals surface area contributed by atoms with Crippen LogP contribution in [0.2, 0.25) is 0 Å². The van der Waals surface area contributed by atoms with Gasteiger partial charge in [0.05, 0.1) is 18.3 Å². The van der Waals surface area contributed by atoms with Crippen molar-refractivity contribution in [1.29, 1.82) is 0 Å². The molecule has 4 N–H and O–H groups in total. The summed E-state index contributed by atoms with van der Waals surface area (Å²) in [4.78, 5) is 10.5. The van der Waals surface area contributed by atoms with Crippen LogP contribution in [0.15, 0.2) is 24.3 Å². The summed E-state index contributed by atoms with van der Waals surface area (Å²) in [6, 6.07) is 0. The molecule has 1 saturated carbocycles. The van der Waals surface area contributed by atoms with Crippen molar-refractivity contribution in [1.82, 2.24) is 0 Å². The van der Waals surface area contributed by atoms with Crippen molar-refractivity contribution in [3.63, 3.8) is 0 Å². The van der Waals surface area contributed by atoms with Crippen LogP contribution in [0.3, 0.4) is 0 Å². The summed E-state index contributed by atoms with van der Waals surface area (Å²) in [5, 5.41) is 39.6. The number of aliphatic hydroxyl groups is 3. The second kappa shape index (κ2) is 13.9. The predicted molar refractivity (Wildman–Crippen MR) is 109 cm³/mol. The largest absolute Gasteiger partial charge is 0.481 e. The maximum atomic E-state index is 10.5. The summed E-state index contributed by atoms with van der Waals surface area (Å²) in [5.41, 5.74) is 0. The first-order chi connectivity index (χ1) is 13.4. The van der Waals surface area contributed by atoms with Gasteiger partial charge in [0.25, 0.3) is 0 Å². The Kier molecular flexibility index (Phi) is 12.3. The minimum absolute atomic E-state index is 0.0915. The topological polar surface area (TPSA) is 107 Å². The lowest BCUT2D eigenvalue weighted by molar-refractivity contribution is -0.137. The van der Waals surface area contributed by atoms with E-state index in [1.54, 1.807) is 13.2 Å². The number of allylic oxidation sites excluding steroid dienone is 2. The Labute approximate surface area is 168 Å². The van der Waals surface area contributed by atoms with Gasteiger partial charge >= 0.3 is 5.97 Å². The van der Waals surface area contributed by atoms with Crippen LogP contribution in [-0.2, 0) is 9.53 Å². The highest BCUT2D eigenvalue weighted by atomic mass is 16.5. The lowest BCUT2D eigenvalue weighted by Crippen LogP contribution is -2.21. The molecule has 0 aliphatic heterocycles. The fraction of sp³-hybridized carbons (Fsp3) is 0.773. The third-order valence-electron chi connectivity index (χ3n) is 5.62. The Morgan fingerprint density at radius 3 is 2.61 bits per heavy atom. The second-order valence-corrected chi connectivity index (χ2v) is 7.95. The predicted octanol–water partition coefficient (Wildman–Crippen LogP) is 2.92. The van der Waals surface area contributed by atoms with Gasteiger partial charge in [-0.3, -0.25) is 4.79 Å². The molecule has 6 atom stereocenters. The van der Waals surface area contributed by atoms with Gasteiger partial charge in [0.2, 0.25) is 0 Å². The minimum Gasteiger partial charge on any atom is -0.481 e. The molecule has 0 unspecified atom stereocenters. The second-order valence-electron chi connectivity index (χ2n) is 7.95. The van der Waals surface area contributed by atoms with E-state index in [-0.39, 0.29) is 24.2 Å². The molecule has 1 aliphatic carbocycles. The summed E-state index contributed by atoms with van der Waals surface area (Å²) in [5.74, 6) is -0.941. The molecule has 0 aromatic carbocycles. The molecule has 6 nitrogen and oxygen atoms in total. The molecule has 0 amide bonds. The van der Waals surface area contributed by atoms with Gasteiger partial charge in [0.15, 0.2) is 0 Å². The summed E-state index contributed by atoms with van der Waals surface area (Å²) in [6.45, 7) is 2.75. The van der Waals surface area contributed by atoms with E-state index in [0.717, 1.165) is 25.9 Å². The Morgan fingerprint density at radius 1 is 1.18 bits per heavy atom. The molecule has 0 radical (unpaired) electrons. The Balaban J connectivity index is 2.49. The average molecular weight is 399 g/mol. The van der Waals surface area contributed by atoms with Gasteiger partial charge in [0.1, 0.15) is 0 Å². The van der Waals surface area contributed by atoms with E-state index in [4.69, 9.17) is 9.84 Å². The lowest BCUT2D eigenvalue weighted by atomic mass is 9.88. The summed E-state index contributed by atoms with van der Waals surface area (Å²) >= 11 is 0. The maximum absolute atomic E-state index is 10.5. The number of aliphatic carboxylic acids is 1. The standard InChI is InChI=1S/C22H38O6/c1-16(9-7-8-14-28-2)19(23)13-12-18-17(20(24)15-21(18)25)10-5-3-4-6-11-22(26)27/h3,5,12-13,16-21,23-25H,4,6-11,14-15H2,1-2H3,(H,26,27)/b5-3-,13-12+/t16-,17-,18-,19+,20+,21-/m1/s1. The van der Waals surface area contributed by atoms with Crippen LogP contribution >= 0.6 is 0 Å². The zero-order valence-electron chi connectivity index (χ0n) is 17.2. The zero-order valence-corrected chi connectivity index (χ0v) is 17.2. The van der Waals surface area contributed by atoms with Gasteiger partial charge < -0.3 is 25.2 Å². The molecule has 1 fully saturated rings. The summed E-state index contributed by atoms with van der Waals surface area (Å²) < 4.78 is 5.04. The van der Waals surface area contributed by atoms with Crippen LogP contribution in [0, 0.1) is 17.8 Å². The quantitative estimate of drug-likeness (QED) is 0.265. The Hall–Kier alpha value is -1.21. The monoisotopic (exact) mass is 398 g/mol. The van der Waals surface area contributed by atoms with Crippen molar-refractivity contribution >= 4 is 5.97 Å². The van der Waals surface area contributed by atoms with Gasteiger partial charge in [-0.05, 0) is 43.9 Å². The molecule has 0 aromatic heterocycles. The Morgan fingerprint density at radius 2 is 1.93 bits per heavy atom. The molecule has 0 bridgehead atoms. The molecular formula is C22H38O6. The van der Waals surface area contributed by atoms with Crippen LogP contribution in [0.4, 0.5) is 0 Å². The van der Waals surface area contributed by atoms with E-state index >= 15 is 0 Å². The van der Waals surface area contributed by atoms with E-state index in [1.807, 2.05) is 25.2 Å². The lowest BCUT2D eigenvalue weighted by Gasteiger charge is -2.21. The SMILES string of the molecule is COCCCC[C@@H](C)[C@@H](O)/C=C/[C@@H]1[C@@H](C/C=C\CCCC(=O)O)[C@@H](O)C[C@H]1O. The summed E-state index contributed by atoms with van der Waals surface area (Å²) in [7, 11) is 1.68. The van der Waals surface area contributed by atoms with E-state index in [2.05, 4.69) is 0 Å². The molecule has 0 spiro atoms. The van der Waals surface area contributed by atoms with Crippen LogP contribution in [0.1, 0.15) is 58.3 Å². The van der Waals surface area contributed by atoms with Crippen LogP contribution in [0.5, 0.6) is 0 Å². The first kappa shape index (κ1) is 24.8. The molecule has 162 valence electrons. The van der Waals surface area contributed by atoms with Crippen molar-refractivity contribution < 1.29 is 30.0 Å². The Bertz CT molecular complexity index is 489. The van der Waals surface area contributed by atoms with Crippen molar-refractivity contribution in [2.45, 2.75) is 76.6 Å². The molecule has 28 heavy (non-hydrogen) atoms. The molecular weight excluding hydrogens is 360 g/mol. The number of aliphatic hydroxyl groups excluding tert-OH is 3. The van der Waals surface area contributed by atoms with Gasteiger partial charge in [0, 0.05) is 32.5 Å². The van der Waals surface area contributed by atoms with Gasteiger partial charge in [-0.15, -0.1) is 0 Å². The number of hydrogen-bond donors (Lipinski definition) is 4. The molecule has 6 heteroatoms. The van der Waals surface area contributed by atoms with E-state index < -0.39 is 24.3 Å². The van der Waals surface area contributed by atoms with Gasteiger partial charge in [-0.2, -0.15) is 0 Å². The minimum atomic E-state index is -0.792. The number of rotatable bonds is 14. The van der Waals surface area contributed by atoms with Crippen LogP contribution in [-0.4, -0.2) is 58.4 Å². The number of carboxylic acids is 1. The summed E-state index contributed by atoms with van der Waals surface area (Å²) in [6.07, 6.45) is 11.1. The number of carbonyl (C=O) groups is 1. The van der Waals surface area contributed by atoms with E-state index in [1.165, 1.54) is 0 Å². The molecule has 1 aliphatic rings. The zero-order chi connectivity index (χ0) is 20.9. The van der Waals surface area contributed by atoms with Crippen LogP contribution in [0.25, 0.3) is 0 Å². The smallest absolute Gasteiger partial charge is 0.303 e. The molecule has 0 aromatic rings. The first-order valence-electron chi connectivity index (χ1n) is 10.4. The van der Waals surface area contributed by atoms with Crippen molar-refractivity contribution in [3.8, 4) is 0 Å². The number of unbranched alkanes of at least 4 members (excludes halogenated alkanes) is 2. The van der Waals surface area contributed by atoms with Gasteiger partial charge in [-0.1, -0.05) is 37.6 Å². The highest BCUT2D eigenvalue weighted by Crippen LogP contribution is 2.36. The molecule has 0 saturated heterocycles. The fourth-order valence-electron chi connectivity index (χ4n) is 3.76. The third kappa shape index (κ3) is 9.32. The number of methoxy groups -OCH3 is 1. The molecule has 0 heterocycles. The van der Waals surface area contributed by atoms with E-state index in [9.17, 15) is 20.1 Å². The molecule has 1 rings (SSSR count).